The number of aromatic nitrogens is 6. The number of ketones is 1. The fourth-order valence-corrected chi connectivity index (χ4v) is 5.06. The molecule has 1 fully saturated rings. The van der Waals surface area contributed by atoms with Crippen LogP contribution < -0.4 is 10.5 Å². The van der Waals surface area contributed by atoms with Crippen LogP contribution in [0.5, 0.6) is 0 Å². The molecule has 6 rings (SSSR count). The second kappa shape index (κ2) is 8.23. The Morgan fingerprint density at radius 3 is 2.86 bits per heavy atom. The Morgan fingerprint density at radius 2 is 2.08 bits per heavy atom. The van der Waals surface area contributed by atoms with Gasteiger partial charge in [0.1, 0.15) is 35.3 Å². The van der Waals surface area contributed by atoms with Gasteiger partial charge in [-0.2, -0.15) is 5.10 Å². The van der Waals surface area contributed by atoms with Gasteiger partial charge in [-0.3, -0.25) is 14.2 Å². The predicted molar refractivity (Wildman–Crippen MR) is 129 cm³/mol. The SMILES string of the molecule is CC(=O)c1c[nH]c2ncnc(N3C[C@@H](F)C[C@H]3c3nn4ccc(Cl)c4c(=O)n3-c3cccc(F)c3)c12. The number of carbonyl (C=O) groups excluding carboxylic acids is 1. The number of Topliss-reactive ketones (excluding diaryl/α,β-unsaturated/α-hetero) is 1. The number of fused-ring (bicyclic) bond motifs is 2. The van der Waals surface area contributed by atoms with E-state index in [-0.39, 0.29) is 40.8 Å². The molecule has 0 unspecified atom stereocenters. The summed E-state index contributed by atoms with van der Waals surface area (Å²) in [5.41, 5.74) is 0.601. The number of anilines is 1. The zero-order chi connectivity index (χ0) is 25.1. The lowest BCUT2D eigenvalue weighted by molar-refractivity contribution is 0.101. The minimum Gasteiger partial charge on any atom is -0.345 e. The number of nitrogens with one attached hydrogen (secondary N) is 1. The molecule has 0 spiro atoms. The summed E-state index contributed by atoms with van der Waals surface area (Å²) in [6.07, 6.45) is 3.11. The Kier molecular flexibility index (Phi) is 5.11. The largest absolute Gasteiger partial charge is 0.345 e. The van der Waals surface area contributed by atoms with Crippen LogP contribution in [0, 0.1) is 5.82 Å². The van der Waals surface area contributed by atoms with Crippen molar-refractivity contribution >= 4 is 39.8 Å². The Morgan fingerprint density at radius 1 is 1.25 bits per heavy atom. The highest BCUT2D eigenvalue weighted by molar-refractivity contribution is 6.33. The zero-order valence-electron chi connectivity index (χ0n) is 18.8. The van der Waals surface area contributed by atoms with E-state index in [0.29, 0.717) is 22.4 Å². The van der Waals surface area contributed by atoms with Crippen molar-refractivity contribution in [3.8, 4) is 5.69 Å². The maximum absolute atomic E-state index is 15.0. The lowest BCUT2D eigenvalue weighted by Gasteiger charge is -2.27. The van der Waals surface area contributed by atoms with Crippen LogP contribution in [-0.4, -0.2) is 47.6 Å². The van der Waals surface area contributed by atoms with E-state index in [4.69, 9.17) is 11.6 Å². The number of H-pyrrole nitrogens is 1. The molecule has 5 aromatic rings. The summed E-state index contributed by atoms with van der Waals surface area (Å²) in [5.74, 6) is -0.239. The molecule has 9 nitrogen and oxygen atoms in total. The molecule has 12 heteroatoms. The van der Waals surface area contributed by atoms with Gasteiger partial charge in [0.2, 0.25) is 0 Å². The van der Waals surface area contributed by atoms with Crippen LogP contribution in [0.1, 0.15) is 35.6 Å². The summed E-state index contributed by atoms with van der Waals surface area (Å²) in [6.45, 7) is 1.37. The number of carbonyl (C=O) groups is 1. The molecule has 36 heavy (non-hydrogen) atoms. The van der Waals surface area contributed by atoms with Gasteiger partial charge in [-0.15, -0.1) is 0 Å². The summed E-state index contributed by atoms with van der Waals surface area (Å²) >= 11 is 6.26. The maximum atomic E-state index is 15.0. The monoisotopic (exact) mass is 509 g/mol. The third-order valence-electron chi connectivity index (χ3n) is 6.38. The number of nitrogens with zero attached hydrogens (tertiary/aromatic N) is 6. The van der Waals surface area contributed by atoms with Crippen molar-refractivity contribution in [2.45, 2.75) is 25.6 Å². The Hall–Kier alpha value is -4.12. The Bertz CT molecular complexity index is 1730. The first-order valence-corrected chi connectivity index (χ1v) is 11.5. The molecule has 1 aliphatic heterocycles. The van der Waals surface area contributed by atoms with Crippen LogP contribution >= 0.6 is 11.6 Å². The number of rotatable bonds is 4. The highest BCUT2D eigenvalue weighted by atomic mass is 35.5. The Balaban J connectivity index is 1.62. The first-order chi connectivity index (χ1) is 17.3. The molecule has 0 amide bonds. The van der Waals surface area contributed by atoms with Crippen molar-refractivity contribution in [3.05, 3.63) is 81.6 Å². The van der Waals surface area contributed by atoms with Crippen LogP contribution in [0.15, 0.2) is 53.8 Å². The van der Waals surface area contributed by atoms with E-state index < -0.39 is 23.6 Å². The minimum absolute atomic E-state index is 0.00636. The molecule has 1 N–H and O–H groups in total. The first-order valence-electron chi connectivity index (χ1n) is 11.1. The molecular weight excluding hydrogens is 492 g/mol. The quantitative estimate of drug-likeness (QED) is 0.367. The maximum Gasteiger partial charge on any atom is 0.284 e. The van der Waals surface area contributed by atoms with Crippen molar-refractivity contribution in [1.29, 1.82) is 0 Å². The molecule has 4 aromatic heterocycles. The van der Waals surface area contributed by atoms with Gasteiger partial charge in [0.05, 0.1) is 28.7 Å². The molecule has 2 atom stereocenters. The molecule has 0 bridgehead atoms. The summed E-state index contributed by atoms with van der Waals surface area (Å²) in [4.78, 5) is 39.2. The van der Waals surface area contributed by atoms with Crippen molar-refractivity contribution in [1.82, 2.24) is 29.1 Å². The molecule has 5 heterocycles. The van der Waals surface area contributed by atoms with E-state index in [9.17, 15) is 14.0 Å². The van der Waals surface area contributed by atoms with E-state index in [1.807, 2.05) is 0 Å². The van der Waals surface area contributed by atoms with Crippen molar-refractivity contribution in [2.75, 3.05) is 11.4 Å². The average Bonchev–Trinajstić information content (AvgIpc) is 3.55. The van der Waals surface area contributed by atoms with E-state index in [2.05, 4.69) is 20.1 Å². The number of halogens is 3. The topological polar surface area (TPSA) is 101 Å². The second-order valence-electron chi connectivity index (χ2n) is 8.62. The minimum atomic E-state index is -1.28. The lowest BCUT2D eigenvalue weighted by Crippen LogP contribution is -2.33. The fourth-order valence-electron chi connectivity index (χ4n) is 4.83. The van der Waals surface area contributed by atoms with Crippen LogP contribution in [-0.2, 0) is 0 Å². The van der Waals surface area contributed by atoms with Gasteiger partial charge in [-0.1, -0.05) is 17.7 Å². The van der Waals surface area contributed by atoms with Crippen LogP contribution in [0.2, 0.25) is 5.02 Å². The number of hydrogen-bond acceptors (Lipinski definition) is 6. The molecule has 1 saturated heterocycles. The van der Waals surface area contributed by atoms with Crippen LogP contribution in [0.3, 0.4) is 0 Å². The highest BCUT2D eigenvalue weighted by Crippen LogP contribution is 2.39. The normalized spacial score (nSPS) is 17.9. The van der Waals surface area contributed by atoms with Crippen molar-refractivity contribution < 1.29 is 13.6 Å². The van der Waals surface area contributed by atoms with Gasteiger partial charge >= 0.3 is 0 Å². The summed E-state index contributed by atoms with van der Waals surface area (Å²) < 4.78 is 31.8. The Labute approximate surface area is 207 Å². The molecule has 0 radical (unpaired) electrons. The lowest BCUT2D eigenvalue weighted by atomic mass is 10.1. The van der Waals surface area contributed by atoms with Crippen molar-refractivity contribution in [2.24, 2.45) is 0 Å². The first kappa shape index (κ1) is 22.4. The number of benzene rings is 1. The standard InChI is InChI=1S/C24H18ClF2N7O2/c1-12(35)16-9-28-21-19(16)23(30-11-29-21)32-10-14(27)8-18(32)22-31-33-6-5-17(25)20(33)24(36)34(22)15-4-2-3-13(26)7-15/h2-7,9,11,14,18H,8,10H2,1H3,(H,28,29,30)/t14-,18-/m0/s1. The predicted octanol–water partition coefficient (Wildman–Crippen LogP) is 4.04. The summed E-state index contributed by atoms with van der Waals surface area (Å²) in [6, 6.07) is 6.27. The molecule has 182 valence electrons. The van der Waals surface area contributed by atoms with Gasteiger partial charge in [-0.25, -0.2) is 23.3 Å². The van der Waals surface area contributed by atoms with E-state index >= 15 is 4.39 Å². The van der Waals surface area contributed by atoms with E-state index in [0.717, 1.165) is 0 Å². The smallest absolute Gasteiger partial charge is 0.284 e. The van der Waals surface area contributed by atoms with Gasteiger partial charge in [0, 0.05) is 24.4 Å². The molecular formula is C24H18ClF2N7O2. The number of hydrogen-bond donors (Lipinski definition) is 1. The second-order valence-corrected chi connectivity index (χ2v) is 9.02. The number of alkyl halides is 1. The zero-order valence-corrected chi connectivity index (χ0v) is 19.6. The van der Waals surface area contributed by atoms with Gasteiger partial charge < -0.3 is 9.88 Å². The van der Waals surface area contributed by atoms with Crippen molar-refractivity contribution in [3.63, 3.8) is 0 Å². The van der Waals surface area contributed by atoms with Crippen LogP contribution in [0.4, 0.5) is 14.6 Å². The van der Waals surface area contributed by atoms with E-state index in [1.165, 1.54) is 59.0 Å². The molecule has 1 aromatic carbocycles. The highest BCUT2D eigenvalue weighted by Gasteiger charge is 2.39. The van der Waals surface area contributed by atoms with Crippen LogP contribution in [0.25, 0.3) is 22.2 Å². The summed E-state index contributed by atoms with van der Waals surface area (Å²) in [7, 11) is 0. The molecule has 1 aliphatic rings. The molecule has 0 aliphatic carbocycles. The van der Waals surface area contributed by atoms with E-state index in [1.54, 1.807) is 11.0 Å². The third kappa shape index (κ3) is 3.38. The number of aromatic amines is 1. The molecule has 0 saturated carbocycles. The van der Waals surface area contributed by atoms with Gasteiger partial charge in [0.25, 0.3) is 5.56 Å². The summed E-state index contributed by atoms with van der Waals surface area (Å²) in [5, 5.41) is 5.27. The van der Waals surface area contributed by atoms with Gasteiger partial charge in [-0.05, 0) is 31.2 Å². The average molecular weight is 510 g/mol. The fraction of sp³-hybridized carbons (Fsp3) is 0.208. The third-order valence-corrected chi connectivity index (χ3v) is 6.68. The van der Waals surface area contributed by atoms with Gasteiger partial charge in [0.15, 0.2) is 11.6 Å².